The van der Waals surface area contributed by atoms with Gasteiger partial charge >= 0.3 is 23.5 Å². The predicted molar refractivity (Wildman–Crippen MR) is 188 cm³/mol. The van der Waals surface area contributed by atoms with Gasteiger partial charge in [-0.15, -0.1) is 12.4 Å². The monoisotopic (exact) mass is 713 g/mol. The fraction of sp³-hybridized carbons (Fsp3) is 0.312. The van der Waals surface area contributed by atoms with E-state index < -0.39 is 29.4 Å². The van der Waals surface area contributed by atoms with Crippen LogP contribution in [0.25, 0.3) is 11.2 Å². The van der Waals surface area contributed by atoms with Gasteiger partial charge in [0.2, 0.25) is 5.95 Å². The third-order valence-corrected chi connectivity index (χ3v) is 7.05. The topological polar surface area (TPSA) is 269 Å². The summed E-state index contributed by atoms with van der Waals surface area (Å²) in [6, 6.07) is 11.6. The smallest absolute Gasteiger partial charge is 0.338 e. The number of nitrogens with two attached hydrogens (primary N) is 2. The lowest BCUT2D eigenvalue weighted by Crippen LogP contribution is -2.41. The number of fused-ring (bicyclic) bond motifs is 1. The van der Waals surface area contributed by atoms with Crippen LogP contribution in [0, 0.1) is 0 Å². The van der Waals surface area contributed by atoms with Crippen LogP contribution in [0.4, 0.5) is 17.3 Å². The number of ether oxygens (including phenoxy) is 1. The minimum Gasteiger partial charge on any atom is -0.481 e. The van der Waals surface area contributed by atoms with Crippen molar-refractivity contribution in [2.75, 3.05) is 43.0 Å². The third-order valence-electron chi connectivity index (χ3n) is 7.05. The number of hydrogen-bond acceptors (Lipinski definition) is 13. The molecule has 18 heteroatoms. The molecule has 1 atom stereocenters. The van der Waals surface area contributed by atoms with E-state index >= 15 is 0 Å². The molecular weight excluding hydrogens is 674 g/mol. The Bertz CT molecular complexity index is 1800. The Morgan fingerprint density at radius 2 is 1.60 bits per heavy atom. The van der Waals surface area contributed by atoms with E-state index in [9.17, 15) is 24.0 Å². The number of hydrogen-bond donors (Lipinski definition) is 7. The molecule has 0 fully saturated rings. The van der Waals surface area contributed by atoms with E-state index in [1.165, 1.54) is 18.3 Å². The Morgan fingerprint density at radius 3 is 2.20 bits per heavy atom. The number of rotatable bonds is 15. The first-order chi connectivity index (χ1) is 23.4. The number of benzene rings is 2. The van der Waals surface area contributed by atoms with Gasteiger partial charge in [0.25, 0.3) is 5.91 Å². The summed E-state index contributed by atoms with van der Waals surface area (Å²) < 4.78 is 5.18. The van der Waals surface area contributed by atoms with Gasteiger partial charge in [0.05, 0.1) is 24.0 Å². The number of aromatic nitrogens is 4. The molecule has 0 aliphatic heterocycles. The van der Waals surface area contributed by atoms with E-state index in [-0.39, 0.29) is 60.4 Å². The zero-order chi connectivity index (χ0) is 35.9. The third kappa shape index (κ3) is 12.7. The molecule has 17 nitrogen and oxygen atoms in total. The molecule has 2 heterocycles. The van der Waals surface area contributed by atoms with Crippen LogP contribution < -0.4 is 27.7 Å². The van der Waals surface area contributed by atoms with E-state index in [0.29, 0.717) is 29.2 Å². The summed E-state index contributed by atoms with van der Waals surface area (Å²) in [5, 5.41) is 23.2. The normalized spacial score (nSPS) is 11.0. The highest BCUT2D eigenvalue weighted by atomic mass is 35.5. The highest BCUT2D eigenvalue weighted by molar-refractivity contribution is 5.97. The molecule has 0 aliphatic carbocycles. The van der Waals surface area contributed by atoms with E-state index in [1.807, 2.05) is 0 Å². The van der Waals surface area contributed by atoms with Crippen LogP contribution in [0.1, 0.15) is 53.1 Å². The van der Waals surface area contributed by atoms with Crippen molar-refractivity contribution >= 4 is 64.7 Å². The van der Waals surface area contributed by atoms with Crippen LogP contribution in [-0.2, 0) is 20.9 Å². The summed E-state index contributed by atoms with van der Waals surface area (Å²) in [6.07, 6.45) is 0.858. The lowest BCUT2D eigenvalue weighted by atomic mass is 10.1. The first-order valence-electron chi connectivity index (χ1n) is 15.3. The van der Waals surface area contributed by atoms with Crippen LogP contribution in [0.2, 0.25) is 0 Å². The Kier molecular flexibility index (Phi) is 16.0. The van der Waals surface area contributed by atoms with Crippen molar-refractivity contribution in [3.63, 3.8) is 0 Å². The molecule has 9 N–H and O–H groups in total. The summed E-state index contributed by atoms with van der Waals surface area (Å²) in [5.74, 6) is -3.45. The van der Waals surface area contributed by atoms with Gasteiger partial charge in [0.1, 0.15) is 12.6 Å². The largest absolute Gasteiger partial charge is 0.481 e. The Morgan fingerprint density at radius 1 is 0.960 bits per heavy atom. The van der Waals surface area contributed by atoms with Gasteiger partial charge in [0, 0.05) is 29.9 Å². The lowest BCUT2D eigenvalue weighted by molar-refractivity contribution is -0.140. The molecule has 268 valence electrons. The standard InChI is InChI=1S/C19H19N7O6.C13H20N2O2.ClH/c20-19-25-15-14(17(30)26-19)23-11(8-22-15)7-21-10-3-1-9(2-4-10)16(29)24-12(18(31)32)5-6-13(27)28;1-3-15(4-2)9-10-17-13(16)11-5-7-12(14)8-6-11;/h1-4,8,12,21H,5-7H2,(H,24,29)(H,27,28)(H,31,32)(H3,20,22,25,26,30);5-8H,3-4,9-10,14H2,1-2H3;1H/t12-;;/m0../s1. The molecule has 50 heavy (non-hydrogen) atoms. The number of anilines is 3. The van der Waals surface area contributed by atoms with Crippen molar-refractivity contribution in [1.82, 2.24) is 30.2 Å². The highest BCUT2D eigenvalue weighted by Crippen LogP contribution is 2.12. The first-order valence-corrected chi connectivity index (χ1v) is 15.3. The van der Waals surface area contributed by atoms with Crippen LogP contribution >= 0.6 is 12.4 Å². The van der Waals surface area contributed by atoms with Crippen molar-refractivity contribution in [3.05, 3.63) is 81.9 Å². The van der Waals surface area contributed by atoms with E-state index in [0.717, 1.165) is 19.6 Å². The maximum atomic E-state index is 12.3. The number of nitrogen functional groups attached to an aromatic ring is 2. The fourth-order valence-corrected chi connectivity index (χ4v) is 4.27. The van der Waals surface area contributed by atoms with Gasteiger partial charge in [-0.3, -0.25) is 14.4 Å². The molecule has 2 aromatic carbocycles. The zero-order valence-corrected chi connectivity index (χ0v) is 28.2. The van der Waals surface area contributed by atoms with Gasteiger partial charge in [-0.1, -0.05) is 13.8 Å². The summed E-state index contributed by atoms with van der Waals surface area (Å²) >= 11 is 0. The number of amides is 1. The van der Waals surface area contributed by atoms with Crippen molar-refractivity contribution in [1.29, 1.82) is 0 Å². The number of H-pyrrole nitrogens is 1. The molecule has 0 spiro atoms. The average molecular weight is 714 g/mol. The molecule has 4 aromatic rings. The lowest BCUT2D eigenvalue weighted by Gasteiger charge is -2.17. The number of carboxylic acids is 2. The summed E-state index contributed by atoms with van der Waals surface area (Å²) in [5.41, 5.74) is 13.2. The molecule has 1 amide bonds. The Hall–Kier alpha value is -5.81. The number of nitrogens with one attached hydrogen (secondary N) is 3. The van der Waals surface area contributed by atoms with Crippen LogP contribution in [0.3, 0.4) is 0 Å². The second-order valence-corrected chi connectivity index (χ2v) is 10.5. The number of aromatic amines is 1. The molecule has 0 saturated carbocycles. The number of halogens is 1. The van der Waals surface area contributed by atoms with Gasteiger partial charge in [-0.05, 0) is 68.0 Å². The van der Waals surface area contributed by atoms with Crippen LogP contribution in [-0.4, -0.2) is 91.1 Å². The second-order valence-electron chi connectivity index (χ2n) is 10.5. The van der Waals surface area contributed by atoms with E-state index in [2.05, 4.69) is 49.3 Å². The SMILES string of the molecule is CCN(CC)CCOC(=O)c1ccc(N)cc1.Cl.Nc1nc(=O)c2nc(CNc3ccc(C(=O)N[C@@H](CCC(=O)O)C(=O)O)cc3)cnc2[nH]1. The minimum atomic E-state index is -1.31. The second kappa shape index (κ2) is 19.9. The Balaban J connectivity index is 0.000000409. The van der Waals surface area contributed by atoms with E-state index in [1.54, 1.807) is 36.4 Å². The molecule has 2 aromatic heterocycles. The molecule has 4 rings (SSSR count). The predicted octanol–water partition coefficient (Wildman–Crippen LogP) is 2.14. The number of likely N-dealkylation sites (N-methyl/N-ethyl adjacent to an activating group) is 1. The van der Waals surface area contributed by atoms with Crippen molar-refractivity contribution in [2.24, 2.45) is 0 Å². The molecule has 0 radical (unpaired) electrons. The first kappa shape index (κ1) is 40.4. The number of esters is 1. The van der Waals surface area contributed by atoms with Gasteiger partial charge in [0.15, 0.2) is 11.2 Å². The number of aliphatic carboxylic acids is 2. The van der Waals surface area contributed by atoms with Gasteiger partial charge in [-0.2, -0.15) is 4.98 Å². The Labute approximate surface area is 292 Å². The average Bonchev–Trinajstić information content (AvgIpc) is 3.08. The summed E-state index contributed by atoms with van der Waals surface area (Å²) in [6.45, 7) is 7.54. The van der Waals surface area contributed by atoms with Crippen molar-refractivity contribution in [3.8, 4) is 0 Å². The maximum Gasteiger partial charge on any atom is 0.338 e. The zero-order valence-electron chi connectivity index (χ0n) is 27.4. The highest BCUT2D eigenvalue weighted by Gasteiger charge is 2.21. The van der Waals surface area contributed by atoms with Crippen LogP contribution in [0.5, 0.6) is 0 Å². The molecular formula is C32H40ClN9O8. The maximum absolute atomic E-state index is 12.3. The molecule has 0 unspecified atom stereocenters. The van der Waals surface area contributed by atoms with Crippen molar-refractivity contribution < 1.29 is 34.1 Å². The summed E-state index contributed by atoms with van der Waals surface area (Å²) in [7, 11) is 0. The van der Waals surface area contributed by atoms with Crippen molar-refractivity contribution in [2.45, 2.75) is 39.3 Å². The fourth-order valence-electron chi connectivity index (χ4n) is 4.27. The molecule has 0 saturated heterocycles. The number of nitrogens with zero attached hydrogens (tertiary/aromatic N) is 4. The molecule has 0 bridgehead atoms. The number of carboxylic acid groups (broad SMARTS) is 2. The quantitative estimate of drug-likeness (QED) is 0.0687. The van der Waals surface area contributed by atoms with Gasteiger partial charge < -0.3 is 46.9 Å². The molecule has 0 aliphatic rings. The minimum absolute atomic E-state index is 0. The van der Waals surface area contributed by atoms with Crippen LogP contribution in [0.15, 0.2) is 59.5 Å². The van der Waals surface area contributed by atoms with Gasteiger partial charge in [-0.25, -0.2) is 19.6 Å². The summed E-state index contributed by atoms with van der Waals surface area (Å²) in [4.78, 5) is 74.4. The van der Waals surface area contributed by atoms with E-state index in [4.69, 9.17) is 26.4 Å². The number of carbonyl (C=O) groups excluding carboxylic acids is 2. The number of carbonyl (C=O) groups is 4.